The van der Waals surface area contributed by atoms with E-state index >= 15 is 0 Å². The minimum Gasteiger partial charge on any atom is -0.494 e. The summed E-state index contributed by atoms with van der Waals surface area (Å²) in [5.41, 5.74) is 6.24. The highest BCUT2D eigenvalue weighted by atomic mass is 35.5. The fourth-order valence-electron chi connectivity index (χ4n) is 2.03. The van der Waals surface area contributed by atoms with Gasteiger partial charge in [-0.2, -0.15) is 0 Å². The van der Waals surface area contributed by atoms with Gasteiger partial charge in [0.25, 0.3) is 5.91 Å². The van der Waals surface area contributed by atoms with Gasteiger partial charge in [-0.3, -0.25) is 4.79 Å². The van der Waals surface area contributed by atoms with E-state index < -0.39 is 0 Å². The molecule has 98 valence electrons. The number of carbonyl (C=O) groups is 1. The van der Waals surface area contributed by atoms with Gasteiger partial charge in [0.15, 0.2) is 5.75 Å². The molecule has 0 aromatic heterocycles. The molecule has 1 amide bonds. The predicted octanol–water partition coefficient (Wildman–Crippen LogP) is 2.18. The summed E-state index contributed by atoms with van der Waals surface area (Å²) in [6.07, 6.45) is 0.823. The van der Waals surface area contributed by atoms with Crippen LogP contribution in [-0.4, -0.2) is 37.0 Å². The van der Waals surface area contributed by atoms with Crippen LogP contribution >= 0.6 is 23.2 Å². The number of rotatable bonds is 2. The summed E-state index contributed by atoms with van der Waals surface area (Å²) < 4.78 is 5.04. The molecule has 1 fully saturated rings. The maximum Gasteiger partial charge on any atom is 0.254 e. The molecule has 18 heavy (non-hydrogen) atoms. The van der Waals surface area contributed by atoms with Crippen molar-refractivity contribution in [3.8, 4) is 5.75 Å². The third kappa shape index (κ3) is 2.55. The Hall–Kier alpha value is -0.970. The molecule has 1 heterocycles. The van der Waals surface area contributed by atoms with E-state index in [1.807, 2.05) is 0 Å². The Balaban J connectivity index is 2.26. The zero-order valence-corrected chi connectivity index (χ0v) is 11.5. The molecule has 0 radical (unpaired) electrons. The Morgan fingerprint density at radius 2 is 2.06 bits per heavy atom. The van der Waals surface area contributed by atoms with Crippen molar-refractivity contribution in [2.45, 2.75) is 12.5 Å². The van der Waals surface area contributed by atoms with Crippen LogP contribution in [0.3, 0.4) is 0 Å². The zero-order chi connectivity index (χ0) is 13.3. The standard InChI is InChI=1S/C12H14Cl2N2O2/c1-18-11-9(13)4-7(5-10(11)14)12(17)16-3-2-8(15)6-16/h4-5,8H,2-3,6,15H2,1H3/t8-/m0/s1. The summed E-state index contributed by atoms with van der Waals surface area (Å²) in [5.74, 6) is 0.280. The minimum absolute atomic E-state index is 0.0538. The first-order valence-electron chi connectivity index (χ1n) is 5.61. The minimum atomic E-state index is -0.102. The summed E-state index contributed by atoms with van der Waals surface area (Å²) in [6, 6.07) is 3.19. The molecule has 2 rings (SSSR count). The van der Waals surface area contributed by atoms with Gasteiger partial charge in [0.1, 0.15) is 0 Å². The van der Waals surface area contributed by atoms with Crippen LogP contribution in [0.1, 0.15) is 16.8 Å². The smallest absolute Gasteiger partial charge is 0.254 e. The van der Waals surface area contributed by atoms with Crippen molar-refractivity contribution in [2.75, 3.05) is 20.2 Å². The lowest BCUT2D eigenvalue weighted by atomic mass is 10.2. The number of methoxy groups -OCH3 is 1. The Kier molecular flexibility index (Phi) is 4.00. The van der Waals surface area contributed by atoms with E-state index in [9.17, 15) is 4.79 Å². The molecule has 4 nitrogen and oxygen atoms in total. The number of amides is 1. The van der Waals surface area contributed by atoms with Crippen LogP contribution in [0, 0.1) is 0 Å². The first kappa shape index (κ1) is 13.5. The van der Waals surface area contributed by atoms with Crippen LogP contribution in [0.5, 0.6) is 5.75 Å². The Labute approximate surface area is 116 Å². The fraction of sp³-hybridized carbons (Fsp3) is 0.417. The number of hydrogen-bond acceptors (Lipinski definition) is 3. The molecule has 1 saturated heterocycles. The summed E-state index contributed by atoms with van der Waals surface area (Å²) in [7, 11) is 1.48. The van der Waals surface area contributed by atoms with Crippen molar-refractivity contribution in [3.63, 3.8) is 0 Å². The second-order valence-electron chi connectivity index (χ2n) is 4.27. The lowest BCUT2D eigenvalue weighted by Crippen LogP contribution is -2.31. The van der Waals surface area contributed by atoms with Gasteiger partial charge in [-0.1, -0.05) is 23.2 Å². The highest BCUT2D eigenvalue weighted by Crippen LogP contribution is 2.34. The molecule has 1 aromatic carbocycles. The van der Waals surface area contributed by atoms with Gasteiger partial charge in [0.2, 0.25) is 0 Å². The maximum atomic E-state index is 12.2. The maximum absolute atomic E-state index is 12.2. The van der Waals surface area contributed by atoms with E-state index in [0.717, 1.165) is 6.42 Å². The van der Waals surface area contributed by atoms with E-state index in [2.05, 4.69) is 0 Å². The summed E-state index contributed by atoms with van der Waals surface area (Å²) in [5, 5.41) is 0.661. The van der Waals surface area contributed by atoms with E-state index in [0.29, 0.717) is 34.4 Å². The van der Waals surface area contributed by atoms with Crippen LogP contribution in [-0.2, 0) is 0 Å². The third-order valence-corrected chi connectivity index (χ3v) is 3.52. The Morgan fingerprint density at radius 1 is 1.44 bits per heavy atom. The average molecular weight is 289 g/mol. The molecule has 0 saturated carbocycles. The molecule has 0 unspecified atom stereocenters. The number of hydrogen-bond donors (Lipinski definition) is 1. The molecule has 6 heteroatoms. The molecular weight excluding hydrogens is 275 g/mol. The van der Waals surface area contributed by atoms with Crippen molar-refractivity contribution in [2.24, 2.45) is 5.73 Å². The molecule has 0 aliphatic carbocycles. The van der Waals surface area contributed by atoms with Crippen molar-refractivity contribution < 1.29 is 9.53 Å². The van der Waals surface area contributed by atoms with Crippen LogP contribution in [0.15, 0.2) is 12.1 Å². The normalized spacial score (nSPS) is 19.1. The molecule has 1 atom stereocenters. The van der Waals surface area contributed by atoms with Gasteiger partial charge in [-0.25, -0.2) is 0 Å². The van der Waals surface area contributed by atoms with Gasteiger partial charge < -0.3 is 15.4 Å². The fourth-order valence-corrected chi connectivity index (χ4v) is 2.67. The average Bonchev–Trinajstić information content (AvgIpc) is 2.74. The quantitative estimate of drug-likeness (QED) is 0.907. The number of likely N-dealkylation sites (tertiary alicyclic amines) is 1. The first-order valence-corrected chi connectivity index (χ1v) is 6.36. The lowest BCUT2D eigenvalue weighted by molar-refractivity contribution is 0.0791. The van der Waals surface area contributed by atoms with Crippen LogP contribution in [0.4, 0.5) is 0 Å². The summed E-state index contributed by atoms with van der Waals surface area (Å²) in [4.78, 5) is 13.9. The van der Waals surface area contributed by atoms with E-state index in [-0.39, 0.29) is 11.9 Å². The number of benzene rings is 1. The van der Waals surface area contributed by atoms with E-state index in [4.69, 9.17) is 33.7 Å². The molecule has 0 bridgehead atoms. The van der Waals surface area contributed by atoms with Gasteiger partial charge in [0, 0.05) is 24.7 Å². The molecule has 2 N–H and O–H groups in total. The molecule has 0 spiro atoms. The SMILES string of the molecule is COc1c(Cl)cc(C(=O)N2CC[C@H](N)C2)cc1Cl. The van der Waals surface area contributed by atoms with Gasteiger partial charge in [-0.15, -0.1) is 0 Å². The van der Waals surface area contributed by atoms with E-state index in [1.54, 1.807) is 17.0 Å². The Bertz CT molecular complexity index is 456. The van der Waals surface area contributed by atoms with Crippen molar-refractivity contribution in [1.29, 1.82) is 0 Å². The molecule has 1 aliphatic rings. The molecule has 1 aromatic rings. The number of nitrogens with zero attached hydrogens (tertiary/aromatic N) is 1. The van der Waals surface area contributed by atoms with Crippen LogP contribution in [0.2, 0.25) is 10.0 Å². The highest BCUT2D eigenvalue weighted by Gasteiger charge is 2.25. The summed E-state index contributed by atoms with van der Waals surface area (Å²) >= 11 is 12.0. The third-order valence-electron chi connectivity index (χ3n) is 2.96. The van der Waals surface area contributed by atoms with E-state index in [1.165, 1.54) is 7.11 Å². The Morgan fingerprint density at radius 3 is 2.50 bits per heavy atom. The van der Waals surface area contributed by atoms with Crippen molar-refractivity contribution in [1.82, 2.24) is 4.90 Å². The predicted molar refractivity (Wildman–Crippen MR) is 71.5 cm³/mol. The second kappa shape index (κ2) is 5.34. The number of halogens is 2. The summed E-state index contributed by atoms with van der Waals surface area (Å²) in [6.45, 7) is 1.24. The number of carbonyl (C=O) groups excluding carboxylic acids is 1. The van der Waals surface area contributed by atoms with Crippen molar-refractivity contribution >= 4 is 29.1 Å². The lowest BCUT2D eigenvalue weighted by Gasteiger charge is -2.16. The van der Waals surface area contributed by atoms with Crippen LogP contribution in [0.25, 0.3) is 0 Å². The first-order chi connectivity index (χ1) is 8.52. The van der Waals surface area contributed by atoms with Crippen molar-refractivity contribution in [3.05, 3.63) is 27.7 Å². The van der Waals surface area contributed by atoms with Gasteiger partial charge >= 0.3 is 0 Å². The highest BCUT2D eigenvalue weighted by molar-refractivity contribution is 6.37. The van der Waals surface area contributed by atoms with Crippen LogP contribution < -0.4 is 10.5 Å². The number of nitrogens with two attached hydrogens (primary N) is 1. The zero-order valence-electron chi connectivity index (χ0n) is 9.95. The second-order valence-corrected chi connectivity index (χ2v) is 5.09. The topological polar surface area (TPSA) is 55.6 Å². The number of ether oxygens (including phenoxy) is 1. The van der Waals surface area contributed by atoms with Gasteiger partial charge in [-0.05, 0) is 18.6 Å². The molecule has 1 aliphatic heterocycles. The molecular formula is C12H14Cl2N2O2. The van der Waals surface area contributed by atoms with Gasteiger partial charge in [0.05, 0.1) is 17.2 Å². The largest absolute Gasteiger partial charge is 0.494 e. The monoisotopic (exact) mass is 288 g/mol.